The molecule has 0 aromatic heterocycles. The Balaban J connectivity index is 2.03. The second-order valence-corrected chi connectivity index (χ2v) is 5.59. The SMILES string of the molecule is O=C(O)CCNC(=O)NC(c1ccccc1F)C1CCCC1. The zero-order valence-corrected chi connectivity index (χ0v) is 12.3. The zero-order valence-electron chi connectivity index (χ0n) is 12.3. The average Bonchev–Trinajstić information content (AvgIpc) is 2.99. The van der Waals surface area contributed by atoms with Gasteiger partial charge < -0.3 is 15.7 Å². The van der Waals surface area contributed by atoms with E-state index in [0.717, 1.165) is 25.7 Å². The van der Waals surface area contributed by atoms with Crippen LogP contribution in [0, 0.1) is 11.7 Å². The van der Waals surface area contributed by atoms with Crippen LogP contribution in [-0.2, 0) is 4.79 Å². The molecule has 0 bridgehead atoms. The van der Waals surface area contributed by atoms with E-state index in [1.165, 1.54) is 6.07 Å². The second-order valence-electron chi connectivity index (χ2n) is 5.59. The molecule has 22 heavy (non-hydrogen) atoms. The van der Waals surface area contributed by atoms with Gasteiger partial charge in [-0.1, -0.05) is 31.0 Å². The number of carbonyl (C=O) groups excluding carboxylic acids is 1. The third kappa shape index (κ3) is 4.44. The van der Waals surface area contributed by atoms with Crippen LogP contribution in [0.5, 0.6) is 0 Å². The fraction of sp³-hybridized carbons (Fsp3) is 0.500. The highest BCUT2D eigenvalue weighted by Gasteiger charge is 2.29. The molecule has 1 atom stereocenters. The predicted molar refractivity (Wildman–Crippen MR) is 79.9 cm³/mol. The molecule has 1 fully saturated rings. The van der Waals surface area contributed by atoms with Gasteiger partial charge in [0.05, 0.1) is 12.5 Å². The molecule has 1 aromatic carbocycles. The summed E-state index contributed by atoms with van der Waals surface area (Å²) in [5.74, 6) is -1.09. The van der Waals surface area contributed by atoms with Gasteiger partial charge in [0.2, 0.25) is 0 Å². The molecule has 5 nitrogen and oxygen atoms in total. The number of nitrogens with one attached hydrogen (secondary N) is 2. The van der Waals surface area contributed by atoms with Gasteiger partial charge in [0.15, 0.2) is 0 Å². The standard InChI is InChI=1S/C16H21FN2O3/c17-13-8-4-3-7-12(13)15(11-5-1-2-6-11)19-16(22)18-10-9-14(20)21/h3-4,7-8,11,15H,1-2,5-6,9-10H2,(H,20,21)(H2,18,19,22). The van der Waals surface area contributed by atoms with Gasteiger partial charge in [-0.2, -0.15) is 0 Å². The number of hydrogen-bond acceptors (Lipinski definition) is 2. The van der Waals surface area contributed by atoms with Gasteiger partial charge in [-0.25, -0.2) is 9.18 Å². The van der Waals surface area contributed by atoms with E-state index < -0.39 is 12.0 Å². The number of aliphatic carboxylic acids is 1. The highest BCUT2D eigenvalue weighted by atomic mass is 19.1. The molecule has 0 spiro atoms. The Hall–Kier alpha value is -2.11. The molecule has 6 heteroatoms. The summed E-state index contributed by atoms with van der Waals surface area (Å²) in [5.41, 5.74) is 0.489. The second kappa shape index (κ2) is 7.77. The molecule has 0 heterocycles. The molecule has 1 unspecified atom stereocenters. The van der Waals surface area contributed by atoms with Crippen molar-refractivity contribution in [2.24, 2.45) is 5.92 Å². The Morgan fingerprint density at radius 3 is 2.59 bits per heavy atom. The Bertz CT molecular complexity index is 530. The smallest absolute Gasteiger partial charge is 0.315 e. The molecule has 0 aliphatic heterocycles. The topological polar surface area (TPSA) is 78.4 Å². The lowest BCUT2D eigenvalue weighted by molar-refractivity contribution is -0.136. The minimum absolute atomic E-state index is 0.0514. The van der Waals surface area contributed by atoms with Gasteiger partial charge in [-0.3, -0.25) is 4.79 Å². The van der Waals surface area contributed by atoms with Gasteiger partial charge in [0.25, 0.3) is 0 Å². The van der Waals surface area contributed by atoms with E-state index in [9.17, 15) is 14.0 Å². The monoisotopic (exact) mass is 308 g/mol. The summed E-state index contributed by atoms with van der Waals surface area (Å²) in [7, 11) is 0. The lowest BCUT2D eigenvalue weighted by atomic mass is 9.91. The third-order valence-electron chi connectivity index (χ3n) is 4.02. The molecule has 120 valence electrons. The molecule has 1 aliphatic carbocycles. The van der Waals surface area contributed by atoms with E-state index in [-0.39, 0.29) is 30.7 Å². The number of halogens is 1. The first-order valence-electron chi connectivity index (χ1n) is 7.58. The Kier molecular flexibility index (Phi) is 5.75. The van der Waals surface area contributed by atoms with E-state index >= 15 is 0 Å². The summed E-state index contributed by atoms with van der Waals surface area (Å²) in [4.78, 5) is 22.4. The maximum absolute atomic E-state index is 14.1. The number of rotatable bonds is 6. The van der Waals surface area contributed by atoms with Gasteiger partial charge in [0, 0.05) is 12.1 Å². The van der Waals surface area contributed by atoms with Crippen molar-refractivity contribution >= 4 is 12.0 Å². The normalized spacial score (nSPS) is 16.2. The van der Waals surface area contributed by atoms with Crippen LogP contribution in [0.4, 0.5) is 9.18 Å². The molecule has 2 rings (SSSR count). The summed E-state index contributed by atoms with van der Waals surface area (Å²) in [6.45, 7) is 0.0514. The van der Waals surface area contributed by atoms with Crippen molar-refractivity contribution in [3.63, 3.8) is 0 Å². The van der Waals surface area contributed by atoms with Crippen molar-refractivity contribution in [3.8, 4) is 0 Å². The molecule has 1 saturated carbocycles. The summed E-state index contributed by atoms with van der Waals surface area (Å²) in [6, 6.07) is 5.62. The largest absolute Gasteiger partial charge is 0.481 e. The maximum Gasteiger partial charge on any atom is 0.315 e. The number of carbonyl (C=O) groups is 2. The van der Waals surface area contributed by atoms with Crippen LogP contribution in [-0.4, -0.2) is 23.7 Å². The number of carboxylic acids is 1. The summed E-state index contributed by atoms with van der Waals surface area (Å²) in [6.07, 6.45) is 3.93. The van der Waals surface area contributed by atoms with Crippen LogP contribution >= 0.6 is 0 Å². The van der Waals surface area contributed by atoms with Crippen molar-refractivity contribution in [1.82, 2.24) is 10.6 Å². The van der Waals surface area contributed by atoms with E-state index in [1.54, 1.807) is 18.2 Å². The fourth-order valence-electron chi connectivity index (χ4n) is 2.94. The van der Waals surface area contributed by atoms with Gasteiger partial charge >= 0.3 is 12.0 Å². The Labute approximate surface area is 128 Å². The molecule has 1 aromatic rings. The third-order valence-corrected chi connectivity index (χ3v) is 4.02. The van der Waals surface area contributed by atoms with E-state index in [2.05, 4.69) is 10.6 Å². The molecule has 3 N–H and O–H groups in total. The Morgan fingerprint density at radius 2 is 1.95 bits per heavy atom. The maximum atomic E-state index is 14.1. The van der Waals surface area contributed by atoms with Gasteiger partial charge in [0.1, 0.15) is 5.82 Å². The predicted octanol–water partition coefficient (Wildman–Crippen LogP) is 2.83. The van der Waals surface area contributed by atoms with E-state index in [0.29, 0.717) is 5.56 Å². The van der Waals surface area contributed by atoms with Crippen molar-refractivity contribution in [3.05, 3.63) is 35.6 Å². The lowest BCUT2D eigenvalue weighted by Crippen LogP contribution is -2.41. The quantitative estimate of drug-likeness (QED) is 0.756. The number of carboxylic acid groups (broad SMARTS) is 1. The summed E-state index contributed by atoms with van der Waals surface area (Å²) in [5, 5.41) is 13.9. The first kappa shape index (κ1) is 16.3. The zero-order chi connectivity index (χ0) is 15.9. The van der Waals surface area contributed by atoms with Crippen LogP contribution in [0.2, 0.25) is 0 Å². The van der Waals surface area contributed by atoms with Crippen LogP contribution in [0.3, 0.4) is 0 Å². The molecule has 0 radical (unpaired) electrons. The van der Waals surface area contributed by atoms with Crippen molar-refractivity contribution in [2.45, 2.75) is 38.1 Å². The minimum Gasteiger partial charge on any atom is -0.481 e. The van der Waals surface area contributed by atoms with Gasteiger partial charge in [-0.05, 0) is 24.8 Å². The van der Waals surface area contributed by atoms with E-state index in [1.807, 2.05) is 0 Å². The summed E-state index contributed by atoms with van der Waals surface area (Å²) >= 11 is 0. The molecule has 2 amide bonds. The number of amides is 2. The van der Waals surface area contributed by atoms with Crippen LogP contribution in [0.15, 0.2) is 24.3 Å². The number of benzene rings is 1. The fourth-order valence-corrected chi connectivity index (χ4v) is 2.94. The lowest BCUT2D eigenvalue weighted by Gasteiger charge is -2.25. The summed E-state index contributed by atoms with van der Waals surface area (Å²) < 4.78 is 14.1. The first-order valence-corrected chi connectivity index (χ1v) is 7.58. The molecular weight excluding hydrogens is 287 g/mol. The molecule has 1 aliphatic rings. The van der Waals surface area contributed by atoms with Gasteiger partial charge in [-0.15, -0.1) is 0 Å². The Morgan fingerprint density at radius 1 is 1.27 bits per heavy atom. The average molecular weight is 308 g/mol. The van der Waals surface area contributed by atoms with Crippen LogP contribution in [0.1, 0.15) is 43.7 Å². The number of urea groups is 1. The van der Waals surface area contributed by atoms with Crippen LogP contribution < -0.4 is 10.6 Å². The molecular formula is C16H21FN2O3. The highest BCUT2D eigenvalue weighted by Crippen LogP contribution is 2.36. The van der Waals surface area contributed by atoms with Crippen LogP contribution in [0.25, 0.3) is 0 Å². The van der Waals surface area contributed by atoms with Crippen molar-refractivity contribution in [2.75, 3.05) is 6.54 Å². The number of hydrogen-bond donors (Lipinski definition) is 3. The van der Waals surface area contributed by atoms with E-state index in [4.69, 9.17) is 5.11 Å². The van der Waals surface area contributed by atoms with Crippen molar-refractivity contribution in [1.29, 1.82) is 0 Å². The van der Waals surface area contributed by atoms with Crippen molar-refractivity contribution < 1.29 is 19.1 Å². The molecule has 0 saturated heterocycles. The highest BCUT2D eigenvalue weighted by molar-refractivity contribution is 5.75. The first-order chi connectivity index (χ1) is 10.6. The minimum atomic E-state index is -0.971.